The summed E-state index contributed by atoms with van der Waals surface area (Å²) in [7, 11) is 0. The van der Waals surface area contributed by atoms with E-state index in [0.717, 1.165) is 11.5 Å². The molecule has 0 saturated heterocycles. The Labute approximate surface area is 89.7 Å². The first-order chi connectivity index (χ1) is 6.33. The lowest BCUT2D eigenvalue weighted by atomic mass is 10.7. The van der Waals surface area contributed by atoms with E-state index in [-0.39, 0.29) is 0 Å². The molecule has 0 aliphatic heterocycles. The zero-order chi connectivity index (χ0) is 10.4. The molecule has 0 amide bonds. The summed E-state index contributed by atoms with van der Waals surface area (Å²) >= 11 is 2.78. The standard InChI is InChI=1S/C6H10OS2.C3H7N/c1-3-5-8-7-9-6-4-2;1-2-3-4/h3-4H,1-2,5-6H2;2H,1,3-4H2. The van der Waals surface area contributed by atoms with Gasteiger partial charge in [-0.05, 0) is 0 Å². The Morgan fingerprint density at radius 2 is 1.38 bits per heavy atom. The van der Waals surface area contributed by atoms with Gasteiger partial charge in [0.05, 0.1) is 0 Å². The lowest BCUT2D eigenvalue weighted by molar-refractivity contribution is 0.763. The van der Waals surface area contributed by atoms with E-state index in [1.165, 1.54) is 24.1 Å². The summed E-state index contributed by atoms with van der Waals surface area (Å²) < 4.78 is 5.01. The van der Waals surface area contributed by atoms with Crippen LogP contribution in [0.3, 0.4) is 0 Å². The molecule has 76 valence electrons. The molecular weight excluding hydrogens is 202 g/mol. The Balaban J connectivity index is 0. The Bertz CT molecular complexity index is 119. The van der Waals surface area contributed by atoms with E-state index in [4.69, 9.17) is 9.36 Å². The summed E-state index contributed by atoms with van der Waals surface area (Å²) in [6.45, 7) is 11.0. The van der Waals surface area contributed by atoms with Crippen molar-refractivity contribution < 1.29 is 3.63 Å². The maximum atomic E-state index is 5.01. The maximum Gasteiger partial charge on any atom is 0.0388 e. The molecule has 0 atom stereocenters. The lowest BCUT2D eigenvalue weighted by Crippen LogP contribution is -1.90. The van der Waals surface area contributed by atoms with E-state index >= 15 is 0 Å². The maximum absolute atomic E-state index is 5.01. The van der Waals surface area contributed by atoms with Gasteiger partial charge in [-0.15, -0.1) is 19.7 Å². The molecule has 0 rings (SSSR count). The number of rotatable bonds is 7. The van der Waals surface area contributed by atoms with Crippen molar-refractivity contribution in [2.75, 3.05) is 18.1 Å². The zero-order valence-electron chi connectivity index (χ0n) is 7.78. The summed E-state index contributed by atoms with van der Waals surface area (Å²) in [5, 5.41) is 0. The molecule has 0 aliphatic rings. The van der Waals surface area contributed by atoms with E-state index in [0.29, 0.717) is 6.54 Å². The topological polar surface area (TPSA) is 35.2 Å². The molecule has 4 heteroatoms. The van der Waals surface area contributed by atoms with Crippen molar-refractivity contribution in [3.8, 4) is 0 Å². The second-order valence-corrected chi connectivity index (χ2v) is 3.42. The van der Waals surface area contributed by atoms with Gasteiger partial charge < -0.3 is 5.73 Å². The quantitative estimate of drug-likeness (QED) is 0.406. The molecule has 0 radical (unpaired) electrons. The highest BCUT2D eigenvalue weighted by molar-refractivity contribution is 8.08. The smallest absolute Gasteiger partial charge is 0.0388 e. The van der Waals surface area contributed by atoms with Crippen molar-refractivity contribution in [2.24, 2.45) is 5.73 Å². The molecule has 2 nitrogen and oxygen atoms in total. The zero-order valence-corrected chi connectivity index (χ0v) is 9.41. The highest BCUT2D eigenvalue weighted by atomic mass is 32.2. The average molecular weight is 219 g/mol. The van der Waals surface area contributed by atoms with Crippen LogP contribution in [0.15, 0.2) is 38.0 Å². The first kappa shape index (κ1) is 15.3. The van der Waals surface area contributed by atoms with Gasteiger partial charge in [-0.3, -0.25) is 0 Å². The van der Waals surface area contributed by atoms with Gasteiger partial charge in [-0.1, -0.05) is 18.2 Å². The third-order valence-electron chi connectivity index (χ3n) is 0.635. The van der Waals surface area contributed by atoms with Crippen LogP contribution in [0.5, 0.6) is 0 Å². The minimum Gasteiger partial charge on any atom is -0.327 e. The van der Waals surface area contributed by atoms with Gasteiger partial charge in [0.1, 0.15) is 0 Å². The van der Waals surface area contributed by atoms with Gasteiger partial charge >= 0.3 is 0 Å². The van der Waals surface area contributed by atoms with Gasteiger partial charge in [0.2, 0.25) is 0 Å². The average Bonchev–Trinajstić information content (AvgIpc) is 2.18. The SMILES string of the molecule is C=CCN.C=CCSOSCC=C. The molecule has 0 saturated carbocycles. The molecule has 0 aromatic heterocycles. The Morgan fingerprint density at radius 1 is 1.00 bits per heavy atom. The minimum absolute atomic E-state index is 0.583. The molecule has 0 fully saturated rings. The molecule has 0 unspecified atom stereocenters. The van der Waals surface area contributed by atoms with Crippen molar-refractivity contribution in [1.82, 2.24) is 0 Å². The first-order valence-corrected chi connectivity index (χ1v) is 5.59. The van der Waals surface area contributed by atoms with E-state index in [1.54, 1.807) is 18.2 Å². The van der Waals surface area contributed by atoms with Gasteiger partial charge in [-0.2, -0.15) is 0 Å². The van der Waals surface area contributed by atoms with Crippen LogP contribution in [0.1, 0.15) is 0 Å². The Morgan fingerprint density at radius 3 is 1.62 bits per heavy atom. The third kappa shape index (κ3) is 24.5. The molecule has 2 N–H and O–H groups in total. The molecule has 13 heavy (non-hydrogen) atoms. The largest absolute Gasteiger partial charge is 0.327 e. The van der Waals surface area contributed by atoms with E-state index in [9.17, 15) is 0 Å². The van der Waals surface area contributed by atoms with Gasteiger partial charge in [-0.25, -0.2) is 3.63 Å². The number of hydrogen-bond donors (Lipinski definition) is 1. The van der Waals surface area contributed by atoms with Gasteiger partial charge in [0.25, 0.3) is 0 Å². The minimum atomic E-state index is 0.583. The van der Waals surface area contributed by atoms with Crippen molar-refractivity contribution in [3.05, 3.63) is 38.0 Å². The summed E-state index contributed by atoms with van der Waals surface area (Å²) in [5.74, 6) is 1.67. The summed E-state index contributed by atoms with van der Waals surface area (Å²) in [4.78, 5) is 0. The lowest BCUT2D eigenvalue weighted by Gasteiger charge is -1.93. The fourth-order valence-electron chi connectivity index (χ4n) is 0.186. The molecular formula is C9H17NOS2. The monoisotopic (exact) mass is 219 g/mol. The molecule has 0 bridgehead atoms. The normalized spacial score (nSPS) is 8.08. The molecule has 0 spiro atoms. The van der Waals surface area contributed by atoms with E-state index in [1.807, 2.05) is 0 Å². The number of nitrogens with two attached hydrogens (primary N) is 1. The van der Waals surface area contributed by atoms with Crippen LogP contribution >= 0.6 is 24.1 Å². The molecule has 0 heterocycles. The van der Waals surface area contributed by atoms with Crippen LogP contribution in [0, 0.1) is 0 Å². The predicted molar refractivity (Wildman–Crippen MR) is 65.6 cm³/mol. The van der Waals surface area contributed by atoms with E-state index < -0.39 is 0 Å². The van der Waals surface area contributed by atoms with Crippen LogP contribution in [-0.2, 0) is 3.63 Å². The fraction of sp³-hybridized carbons (Fsp3) is 0.333. The second kappa shape index (κ2) is 17.8. The van der Waals surface area contributed by atoms with Crippen LogP contribution < -0.4 is 5.73 Å². The van der Waals surface area contributed by atoms with Crippen LogP contribution in [0.4, 0.5) is 0 Å². The second-order valence-electron chi connectivity index (χ2n) is 1.74. The van der Waals surface area contributed by atoms with Crippen molar-refractivity contribution in [1.29, 1.82) is 0 Å². The Hall–Kier alpha value is -0.160. The molecule has 0 aromatic rings. The third-order valence-corrected chi connectivity index (χ3v) is 2.15. The fourth-order valence-corrected chi connectivity index (χ4v) is 1.09. The van der Waals surface area contributed by atoms with Crippen molar-refractivity contribution in [3.63, 3.8) is 0 Å². The highest BCUT2D eigenvalue weighted by Crippen LogP contribution is 2.13. The first-order valence-electron chi connectivity index (χ1n) is 3.77. The van der Waals surface area contributed by atoms with Gasteiger partial charge in [0, 0.05) is 42.1 Å². The predicted octanol–water partition coefficient (Wildman–Crippen LogP) is 2.80. The van der Waals surface area contributed by atoms with Crippen LogP contribution in [0.2, 0.25) is 0 Å². The highest BCUT2D eigenvalue weighted by Gasteiger charge is 1.83. The molecule has 0 aliphatic carbocycles. The Kier molecular flexibility index (Phi) is 21.0. The van der Waals surface area contributed by atoms with E-state index in [2.05, 4.69) is 19.7 Å². The van der Waals surface area contributed by atoms with Crippen LogP contribution in [0.25, 0.3) is 0 Å². The van der Waals surface area contributed by atoms with Gasteiger partial charge in [0.15, 0.2) is 0 Å². The van der Waals surface area contributed by atoms with Crippen molar-refractivity contribution >= 4 is 24.1 Å². The van der Waals surface area contributed by atoms with Crippen LogP contribution in [-0.4, -0.2) is 18.1 Å². The summed E-state index contributed by atoms with van der Waals surface area (Å²) in [6.07, 6.45) is 5.26. The van der Waals surface area contributed by atoms with Crippen molar-refractivity contribution in [2.45, 2.75) is 0 Å². The molecule has 0 aromatic carbocycles. The summed E-state index contributed by atoms with van der Waals surface area (Å²) in [5.41, 5.74) is 4.91. The number of hydrogen-bond acceptors (Lipinski definition) is 4. The summed E-state index contributed by atoms with van der Waals surface area (Å²) in [6, 6.07) is 0.